The van der Waals surface area contributed by atoms with Crippen LogP contribution < -0.4 is 5.32 Å². The Labute approximate surface area is 148 Å². The van der Waals surface area contributed by atoms with Gasteiger partial charge in [0.25, 0.3) is 0 Å². The van der Waals surface area contributed by atoms with E-state index in [1.165, 1.54) is 11.3 Å². The van der Waals surface area contributed by atoms with Crippen LogP contribution in [0.15, 0.2) is 54.0 Å². The molecule has 0 spiro atoms. The third-order valence-corrected chi connectivity index (χ3v) is 5.20. The number of halogens is 1. The van der Waals surface area contributed by atoms with Gasteiger partial charge in [-0.3, -0.25) is 9.78 Å². The summed E-state index contributed by atoms with van der Waals surface area (Å²) < 4.78 is 0. The summed E-state index contributed by atoms with van der Waals surface area (Å²) in [4.78, 5) is 21.1. The van der Waals surface area contributed by atoms with Crippen LogP contribution in [0, 0.1) is 5.92 Å². The average molecular weight is 356 g/mol. The predicted molar refractivity (Wildman–Crippen MR) is 96.3 cm³/mol. The number of hydrogen-bond acceptors (Lipinski definition) is 4. The number of pyridine rings is 1. The third kappa shape index (κ3) is 3.05. The Hall–Kier alpha value is -2.24. The number of nitrogens with one attached hydrogen (secondary N) is 1. The standard InChI is InChI=1S/C18H14ClN3OS/c19-14-6-2-1-5-11(14)12-9-13(12)17(23)22-18-21-16(10-24-18)15-7-3-4-8-20-15/h1-8,10,12-13H,9H2,(H,21,22,23)/t12-,13+/m1/s1. The molecule has 2 aromatic heterocycles. The summed E-state index contributed by atoms with van der Waals surface area (Å²) in [5.41, 5.74) is 2.62. The van der Waals surface area contributed by atoms with E-state index in [1.807, 2.05) is 47.8 Å². The molecule has 0 saturated heterocycles. The van der Waals surface area contributed by atoms with Crippen LogP contribution in [-0.4, -0.2) is 15.9 Å². The van der Waals surface area contributed by atoms with Gasteiger partial charge in [0.1, 0.15) is 5.69 Å². The second-order valence-corrected chi connectivity index (χ2v) is 6.98. The van der Waals surface area contributed by atoms with Crippen molar-refractivity contribution in [2.75, 3.05) is 5.32 Å². The van der Waals surface area contributed by atoms with E-state index in [2.05, 4.69) is 15.3 Å². The maximum atomic E-state index is 12.4. The summed E-state index contributed by atoms with van der Waals surface area (Å²) in [7, 11) is 0. The first kappa shape index (κ1) is 15.3. The zero-order valence-electron chi connectivity index (χ0n) is 12.6. The van der Waals surface area contributed by atoms with Gasteiger partial charge in [0.15, 0.2) is 5.13 Å². The van der Waals surface area contributed by atoms with E-state index < -0.39 is 0 Å². The summed E-state index contributed by atoms with van der Waals surface area (Å²) in [6.45, 7) is 0. The number of carbonyl (C=O) groups excluding carboxylic acids is 1. The summed E-state index contributed by atoms with van der Waals surface area (Å²) in [5.74, 6) is 0.169. The van der Waals surface area contributed by atoms with Crippen LogP contribution >= 0.6 is 22.9 Å². The molecule has 0 bridgehead atoms. The molecule has 0 aliphatic heterocycles. The van der Waals surface area contributed by atoms with Crippen molar-refractivity contribution in [2.24, 2.45) is 5.92 Å². The molecule has 1 amide bonds. The molecule has 0 unspecified atom stereocenters. The topological polar surface area (TPSA) is 54.9 Å². The Balaban J connectivity index is 1.43. The molecule has 120 valence electrons. The molecule has 3 aromatic rings. The highest BCUT2D eigenvalue weighted by Crippen LogP contribution is 2.50. The van der Waals surface area contributed by atoms with E-state index in [0.717, 1.165) is 28.4 Å². The Kier molecular flexibility index (Phi) is 4.04. The molecule has 0 radical (unpaired) electrons. The molecule has 2 atom stereocenters. The molecule has 1 aliphatic carbocycles. The van der Waals surface area contributed by atoms with Crippen molar-refractivity contribution < 1.29 is 4.79 Å². The van der Waals surface area contributed by atoms with Gasteiger partial charge in [-0.1, -0.05) is 35.9 Å². The second kappa shape index (κ2) is 6.34. The Morgan fingerprint density at radius 2 is 2.00 bits per heavy atom. The van der Waals surface area contributed by atoms with Crippen LogP contribution in [-0.2, 0) is 4.79 Å². The van der Waals surface area contributed by atoms with Crippen molar-refractivity contribution in [2.45, 2.75) is 12.3 Å². The van der Waals surface area contributed by atoms with Crippen LogP contribution in [0.2, 0.25) is 5.02 Å². The van der Waals surface area contributed by atoms with Crippen molar-refractivity contribution >= 4 is 34.0 Å². The number of aromatic nitrogens is 2. The fourth-order valence-corrected chi connectivity index (χ4v) is 3.75. The third-order valence-electron chi connectivity index (χ3n) is 4.09. The minimum absolute atomic E-state index is 0.00170. The van der Waals surface area contributed by atoms with Crippen LogP contribution in [0.1, 0.15) is 17.9 Å². The van der Waals surface area contributed by atoms with Crippen LogP contribution in [0.4, 0.5) is 5.13 Å². The Morgan fingerprint density at radius 1 is 1.17 bits per heavy atom. The number of nitrogens with zero attached hydrogens (tertiary/aromatic N) is 2. The van der Waals surface area contributed by atoms with Crippen molar-refractivity contribution in [3.8, 4) is 11.4 Å². The van der Waals surface area contributed by atoms with E-state index in [-0.39, 0.29) is 17.7 Å². The molecule has 4 nitrogen and oxygen atoms in total. The number of anilines is 1. The SMILES string of the molecule is O=C(Nc1nc(-c2ccccn2)cs1)[C@H]1C[C@@H]1c1ccccc1Cl. The van der Waals surface area contributed by atoms with Gasteiger partial charge < -0.3 is 5.32 Å². The van der Waals surface area contributed by atoms with Gasteiger partial charge in [0.2, 0.25) is 5.91 Å². The smallest absolute Gasteiger partial charge is 0.229 e. The van der Waals surface area contributed by atoms with Crippen LogP contribution in [0.5, 0.6) is 0 Å². The lowest BCUT2D eigenvalue weighted by Gasteiger charge is -2.03. The minimum Gasteiger partial charge on any atom is -0.302 e. The Bertz CT molecular complexity index is 881. The van der Waals surface area contributed by atoms with E-state index >= 15 is 0 Å². The van der Waals surface area contributed by atoms with Crippen LogP contribution in [0.25, 0.3) is 11.4 Å². The van der Waals surface area contributed by atoms with Gasteiger partial charge in [-0.25, -0.2) is 4.98 Å². The summed E-state index contributed by atoms with van der Waals surface area (Å²) in [6, 6.07) is 13.4. The highest BCUT2D eigenvalue weighted by atomic mass is 35.5. The summed E-state index contributed by atoms with van der Waals surface area (Å²) in [5, 5.41) is 6.14. The first-order valence-electron chi connectivity index (χ1n) is 7.64. The molecule has 6 heteroatoms. The first-order chi connectivity index (χ1) is 11.7. The highest BCUT2D eigenvalue weighted by Gasteiger charge is 2.45. The molecule has 1 aliphatic rings. The zero-order valence-corrected chi connectivity index (χ0v) is 14.2. The zero-order chi connectivity index (χ0) is 16.5. The molecular formula is C18H14ClN3OS. The summed E-state index contributed by atoms with van der Waals surface area (Å²) >= 11 is 7.62. The number of amides is 1. The van der Waals surface area contributed by atoms with Gasteiger partial charge in [-0.05, 0) is 36.1 Å². The molecule has 2 heterocycles. The number of hydrogen-bond donors (Lipinski definition) is 1. The molecule has 1 fully saturated rings. The number of benzene rings is 1. The lowest BCUT2D eigenvalue weighted by atomic mass is 10.1. The normalized spacial score (nSPS) is 19.0. The van der Waals surface area contributed by atoms with Gasteiger partial charge in [-0.15, -0.1) is 11.3 Å². The predicted octanol–water partition coefficient (Wildman–Crippen LogP) is 4.60. The summed E-state index contributed by atoms with van der Waals surface area (Å²) in [6.07, 6.45) is 2.55. The van der Waals surface area contributed by atoms with Gasteiger partial charge in [-0.2, -0.15) is 0 Å². The lowest BCUT2D eigenvalue weighted by Crippen LogP contribution is -2.14. The quantitative estimate of drug-likeness (QED) is 0.744. The monoisotopic (exact) mass is 355 g/mol. The lowest BCUT2D eigenvalue weighted by molar-refractivity contribution is -0.117. The van der Waals surface area contributed by atoms with Crippen molar-refractivity contribution in [1.82, 2.24) is 9.97 Å². The number of thiazole rings is 1. The second-order valence-electron chi connectivity index (χ2n) is 5.71. The Morgan fingerprint density at radius 3 is 2.79 bits per heavy atom. The van der Waals surface area contributed by atoms with E-state index in [0.29, 0.717) is 5.13 Å². The molecule has 1 N–H and O–H groups in total. The van der Waals surface area contributed by atoms with Crippen molar-refractivity contribution in [1.29, 1.82) is 0 Å². The van der Waals surface area contributed by atoms with Crippen molar-refractivity contribution in [3.63, 3.8) is 0 Å². The fourth-order valence-electron chi connectivity index (χ4n) is 2.77. The number of rotatable bonds is 4. The highest BCUT2D eigenvalue weighted by molar-refractivity contribution is 7.14. The number of carbonyl (C=O) groups is 1. The van der Waals surface area contributed by atoms with Gasteiger partial charge in [0.05, 0.1) is 5.69 Å². The maximum absolute atomic E-state index is 12.4. The van der Waals surface area contributed by atoms with Gasteiger partial charge >= 0.3 is 0 Å². The molecular weight excluding hydrogens is 342 g/mol. The largest absolute Gasteiger partial charge is 0.302 e. The fraction of sp³-hybridized carbons (Fsp3) is 0.167. The van der Waals surface area contributed by atoms with E-state index in [1.54, 1.807) is 6.20 Å². The maximum Gasteiger partial charge on any atom is 0.229 e. The van der Waals surface area contributed by atoms with Gasteiger partial charge in [0, 0.05) is 22.5 Å². The molecule has 4 rings (SSSR count). The van der Waals surface area contributed by atoms with E-state index in [4.69, 9.17) is 11.6 Å². The first-order valence-corrected chi connectivity index (χ1v) is 8.90. The molecule has 1 saturated carbocycles. The van der Waals surface area contributed by atoms with Crippen molar-refractivity contribution in [3.05, 3.63) is 64.6 Å². The molecule has 1 aromatic carbocycles. The minimum atomic E-state index is -0.0351. The average Bonchev–Trinajstić information content (AvgIpc) is 3.27. The van der Waals surface area contributed by atoms with Crippen LogP contribution in [0.3, 0.4) is 0 Å². The molecule has 24 heavy (non-hydrogen) atoms. The van der Waals surface area contributed by atoms with E-state index in [9.17, 15) is 4.79 Å².